The summed E-state index contributed by atoms with van der Waals surface area (Å²) in [7, 11) is 0. The molecular formula is C24H17N5O. The zero-order valence-corrected chi connectivity index (χ0v) is 16.2. The van der Waals surface area contributed by atoms with E-state index >= 15 is 0 Å². The summed E-state index contributed by atoms with van der Waals surface area (Å²) in [5, 5.41) is 9.66. The van der Waals surface area contributed by atoms with Crippen LogP contribution in [0.1, 0.15) is 5.56 Å². The van der Waals surface area contributed by atoms with Crippen molar-refractivity contribution in [1.29, 1.82) is 0 Å². The molecule has 6 rings (SSSR count). The van der Waals surface area contributed by atoms with Crippen LogP contribution in [-0.2, 0) is 0 Å². The van der Waals surface area contributed by atoms with E-state index in [-0.39, 0.29) is 0 Å². The molecule has 2 N–H and O–H groups in total. The summed E-state index contributed by atoms with van der Waals surface area (Å²) in [5.74, 6) is 0. The van der Waals surface area contributed by atoms with E-state index in [0.717, 1.165) is 55.5 Å². The van der Waals surface area contributed by atoms with Crippen molar-refractivity contribution >= 4 is 21.9 Å². The molecule has 6 nitrogen and oxygen atoms in total. The average molecular weight is 391 g/mol. The minimum absolute atomic E-state index is 0.684. The van der Waals surface area contributed by atoms with E-state index in [0.29, 0.717) is 5.65 Å². The molecular weight excluding hydrogens is 374 g/mol. The number of aryl methyl sites for hydroxylation is 1. The van der Waals surface area contributed by atoms with Crippen LogP contribution in [-0.4, -0.2) is 25.1 Å². The molecule has 0 aliphatic carbocycles. The maximum absolute atomic E-state index is 5.28. The van der Waals surface area contributed by atoms with Crippen molar-refractivity contribution in [2.24, 2.45) is 0 Å². The maximum Gasteiger partial charge on any atom is 0.181 e. The van der Waals surface area contributed by atoms with Crippen molar-refractivity contribution in [3.05, 3.63) is 79.1 Å². The number of benzene rings is 1. The summed E-state index contributed by atoms with van der Waals surface area (Å²) in [5.41, 5.74) is 9.03. The summed E-state index contributed by atoms with van der Waals surface area (Å²) < 4.78 is 5.28. The predicted molar refractivity (Wildman–Crippen MR) is 117 cm³/mol. The number of hydrogen-bond acceptors (Lipinski definition) is 4. The van der Waals surface area contributed by atoms with Crippen molar-refractivity contribution in [3.63, 3.8) is 0 Å². The molecule has 5 aromatic heterocycles. The zero-order valence-electron chi connectivity index (χ0n) is 16.2. The minimum atomic E-state index is 0.684. The third-order valence-electron chi connectivity index (χ3n) is 5.53. The Kier molecular flexibility index (Phi) is 3.58. The Morgan fingerprint density at radius 1 is 0.933 bits per heavy atom. The second kappa shape index (κ2) is 6.42. The molecule has 6 aromatic rings. The van der Waals surface area contributed by atoms with Gasteiger partial charge >= 0.3 is 0 Å². The highest BCUT2D eigenvalue weighted by Gasteiger charge is 2.15. The quantitative estimate of drug-likeness (QED) is 0.403. The number of H-pyrrole nitrogens is 2. The summed E-state index contributed by atoms with van der Waals surface area (Å²) in [6.07, 6.45) is 8.98. The number of rotatable bonds is 3. The Balaban J connectivity index is 1.53. The van der Waals surface area contributed by atoms with Gasteiger partial charge in [-0.1, -0.05) is 12.1 Å². The van der Waals surface area contributed by atoms with Crippen LogP contribution in [0.2, 0.25) is 0 Å². The van der Waals surface area contributed by atoms with Crippen LogP contribution in [0.5, 0.6) is 0 Å². The summed E-state index contributed by atoms with van der Waals surface area (Å²) in [6, 6.07) is 14.5. The normalized spacial score (nSPS) is 11.5. The summed E-state index contributed by atoms with van der Waals surface area (Å²) in [4.78, 5) is 12.3. The lowest BCUT2D eigenvalue weighted by Crippen LogP contribution is -1.87. The monoisotopic (exact) mass is 391 g/mol. The fourth-order valence-electron chi connectivity index (χ4n) is 3.98. The van der Waals surface area contributed by atoms with E-state index in [2.05, 4.69) is 56.3 Å². The first-order valence-electron chi connectivity index (χ1n) is 9.68. The molecule has 144 valence electrons. The first-order valence-corrected chi connectivity index (χ1v) is 9.68. The number of furan rings is 1. The van der Waals surface area contributed by atoms with Gasteiger partial charge in [0.1, 0.15) is 0 Å². The van der Waals surface area contributed by atoms with E-state index < -0.39 is 0 Å². The molecule has 0 aliphatic rings. The van der Waals surface area contributed by atoms with Crippen LogP contribution >= 0.6 is 0 Å². The summed E-state index contributed by atoms with van der Waals surface area (Å²) in [6.45, 7) is 2.08. The topological polar surface area (TPSA) is 83.4 Å². The van der Waals surface area contributed by atoms with Gasteiger partial charge in [0.2, 0.25) is 0 Å². The smallest absolute Gasteiger partial charge is 0.181 e. The molecule has 0 atom stereocenters. The Hall–Kier alpha value is -4.19. The van der Waals surface area contributed by atoms with E-state index in [9.17, 15) is 0 Å². The molecule has 0 saturated heterocycles. The molecule has 0 fully saturated rings. The van der Waals surface area contributed by atoms with Crippen LogP contribution in [0, 0.1) is 6.92 Å². The first kappa shape index (κ1) is 16.7. The van der Waals surface area contributed by atoms with Gasteiger partial charge in [0.25, 0.3) is 0 Å². The van der Waals surface area contributed by atoms with Crippen LogP contribution < -0.4 is 0 Å². The molecule has 0 spiro atoms. The minimum Gasteiger partial charge on any atom is -0.472 e. The Bertz CT molecular complexity index is 1510. The Labute approximate surface area is 171 Å². The number of nitrogens with zero attached hydrogens (tertiary/aromatic N) is 3. The second-order valence-corrected chi connectivity index (χ2v) is 7.35. The van der Waals surface area contributed by atoms with Gasteiger partial charge in [-0.3, -0.25) is 10.1 Å². The SMILES string of the molecule is Cc1ccncc1-c1cnc2n[nH]c(-c3cc4c(-c5ccoc5)cccc4[nH]3)c2c1. The van der Waals surface area contributed by atoms with Crippen LogP contribution in [0.25, 0.3) is 55.6 Å². The molecule has 0 aliphatic heterocycles. The lowest BCUT2D eigenvalue weighted by Gasteiger charge is -2.04. The highest BCUT2D eigenvalue weighted by atomic mass is 16.3. The van der Waals surface area contributed by atoms with Gasteiger partial charge in [0, 0.05) is 51.6 Å². The fraction of sp³-hybridized carbons (Fsp3) is 0.0417. The van der Waals surface area contributed by atoms with Gasteiger partial charge in [-0.25, -0.2) is 4.98 Å². The second-order valence-electron chi connectivity index (χ2n) is 7.35. The van der Waals surface area contributed by atoms with Crippen LogP contribution in [0.15, 0.2) is 78.0 Å². The van der Waals surface area contributed by atoms with Gasteiger partial charge in [-0.2, -0.15) is 5.10 Å². The van der Waals surface area contributed by atoms with Crippen molar-refractivity contribution in [2.75, 3.05) is 0 Å². The van der Waals surface area contributed by atoms with Crippen molar-refractivity contribution < 1.29 is 4.42 Å². The first-order chi connectivity index (χ1) is 14.8. The van der Waals surface area contributed by atoms with Gasteiger partial charge < -0.3 is 9.40 Å². The Morgan fingerprint density at radius 3 is 2.77 bits per heavy atom. The molecule has 1 aromatic carbocycles. The zero-order chi connectivity index (χ0) is 20.1. The van der Waals surface area contributed by atoms with Gasteiger partial charge in [-0.05, 0) is 48.4 Å². The van der Waals surface area contributed by atoms with Crippen LogP contribution in [0.4, 0.5) is 0 Å². The van der Waals surface area contributed by atoms with Crippen molar-refractivity contribution in [2.45, 2.75) is 6.92 Å². The van der Waals surface area contributed by atoms with E-state index in [1.54, 1.807) is 18.7 Å². The molecule has 0 saturated carbocycles. The lowest BCUT2D eigenvalue weighted by molar-refractivity contribution is 0.568. The van der Waals surface area contributed by atoms with Gasteiger partial charge in [0.15, 0.2) is 5.65 Å². The number of pyridine rings is 2. The highest BCUT2D eigenvalue weighted by Crippen LogP contribution is 2.35. The maximum atomic E-state index is 5.28. The average Bonchev–Trinajstić information content (AvgIpc) is 3.51. The molecule has 0 bridgehead atoms. The standard InChI is InChI=1S/C24H17N5O/c1-14-5-7-25-12-20(14)16-9-19-23(28-29-24(19)26-11-16)22-10-18-17(15-6-8-30-13-15)3-2-4-21(18)27-22/h2-13,27H,1H3,(H,26,28,29). The van der Waals surface area contributed by atoms with Crippen molar-refractivity contribution in [1.82, 2.24) is 25.1 Å². The number of hydrogen-bond donors (Lipinski definition) is 2. The largest absolute Gasteiger partial charge is 0.472 e. The number of aromatic amines is 2. The molecule has 6 heteroatoms. The lowest BCUT2D eigenvalue weighted by atomic mass is 10.0. The number of fused-ring (bicyclic) bond motifs is 2. The van der Waals surface area contributed by atoms with E-state index in [1.165, 1.54) is 0 Å². The van der Waals surface area contributed by atoms with Gasteiger partial charge in [0.05, 0.1) is 23.9 Å². The Morgan fingerprint density at radius 2 is 1.90 bits per heavy atom. The number of nitrogens with one attached hydrogen (secondary N) is 2. The van der Waals surface area contributed by atoms with Gasteiger partial charge in [-0.15, -0.1) is 0 Å². The van der Waals surface area contributed by atoms with E-state index in [4.69, 9.17) is 4.42 Å². The molecule has 0 radical (unpaired) electrons. The van der Waals surface area contributed by atoms with Crippen molar-refractivity contribution in [3.8, 4) is 33.6 Å². The highest BCUT2D eigenvalue weighted by molar-refractivity contribution is 6.01. The summed E-state index contributed by atoms with van der Waals surface area (Å²) >= 11 is 0. The fourth-order valence-corrected chi connectivity index (χ4v) is 3.98. The molecule has 0 unspecified atom stereocenters. The number of aromatic nitrogens is 5. The predicted octanol–water partition coefficient (Wildman–Crippen LogP) is 5.74. The molecule has 5 heterocycles. The third kappa shape index (κ3) is 2.54. The third-order valence-corrected chi connectivity index (χ3v) is 5.53. The van der Waals surface area contributed by atoms with E-state index in [1.807, 2.05) is 30.6 Å². The molecule has 30 heavy (non-hydrogen) atoms. The van der Waals surface area contributed by atoms with Crippen LogP contribution in [0.3, 0.4) is 0 Å². The molecule has 0 amide bonds.